The van der Waals surface area contributed by atoms with Gasteiger partial charge in [0.25, 0.3) is 0 Å². The van der Waals surface area contributed by atoms with E-state index < -0.39 is 5.41 Å². The largest absolute Gasteiger partial charge is 0.369 e. The van der Waals surface area contributed by atoms with Crippen LogP contribution in [0.15, 0.2) is 48.5 Å². The molecule has 4 aromatic rings. The number of anilines is 2. The molecule has 2 saturated heterocycles. The lowest BCUT2D eigenvalue weighted by Crippen LogP contribution is -2.45. The van der Waals surface area contributed by atoms with Crippen LogP contribution in [0, 0.1) is 17.3 Å². The normalized spacial score (nSPS) is 21.8. The van der Waals surface area contributed by atoms with Gasteiger partial charge in [-0.05, 0) is 67.5 Å². The zero-order valence-corrected chi connectivity index (χ0v) is 23.2. The predicted molar refractivity (Wildman–Crippen MR) is 155 cm³/mol. The number of hydrogen-bond acceptors (Lipinski definition) is 6. The van der Waals surface area contributed by atoms with Crippen LogP contribution in [-0.2, 0) is 4.79 Å². The van der Waals surface area contributed by atoms with Crippen molar-refractivity contribution in [2.24, 2.45) is 23.0 Å². The standard InChI is InChI=1S/C29H29Cl2N7O/c1-29(27(32)39)10-12-36(13-11-29)25-23-26(35-28(34-25)37-15-17-14-18(17)16-37)38(20-8-6-19(30)7-9-20)24(33-23)21-4-2-3-5-22(21)31/h2-9,17-18H,10-16H2,1H3,(H2,32,39)/t17-,18+. The summed E-state index contributed by atoms with van der Waals surface area (Å²) in [5.41, 5.74) is 8.34. The first kappa shape index (κ1) is 24.7. The molecule has 2 atom stereocenters. The molecule has 1 aliphatic carbocycles. The first-order valence-corrected chi connectivity index (χ1v) is 14.2. The second-order valence-electron chi connectivity index (χ2n) is 11.3. The highest BCUT2D eigenvalue weighted by molar-refractivity contribution is 6.33. The Bertz CT molecular complexity index is 1580. The van der Waals surface area contributed by atoms with Gasteiger partial charge in [-0.25, -0.2) is 4.98 Å². The quantitative estimate of drug-likeness (QED) is 0.353. The summed E-state index contributed by atoms with van der Waals surface area (Å²) < 4.78 is 2.05. The van der Waals surface area contributed by atoms with E-state index in [1.54, 1.807) is 0 Å². The minimum atomic E-state index is -0.521. The second kappa shape index (κ2) is 9.10. The summed E-state index contributed by atoms with van der Waals surface area (Å²) in [5.74, 6) is 3.41. The minimum absolute atomic E-state index is 0.250. The molecular formula is C29H29Cl2N7O. The molecule has 4 heterocycles. The first-order chi connectivity index (χ1) is 18.8. The van der Waals surface area contributed by atoms with Crippen molar-refractivity contribution in [3.8, 4) is 17.1 Å². The van der Waals surface area contributed by atoms with Crippen LogP contribution in [-0.4, -0.2) is 51.6 Å². The van der Waals surface area contributed by atoms with Crippen molar-refractivity contribution in [1.29, 1.82) is 0 Å². The molecule has 7 rings (SSSR count). The average Bonchev–Trinajstić information content (AvgIpc) is 3.35. The number of imidazole rings is 1. The second-order valence-corrected chi connectivity index (χ2v) is 12.2. The Morgan fingerprint density at radius 3 is 2.31 bits per heavy atom. The molecule has 2 aromatic heterocycles. The Kier molecular flexibility index (Phi) is 5.75. The predicted octanol–water partition coefficient (Wildman–Crippen LogP) is 5.34. The Morgan fingerprint density at radius 1 is 0.949 bits per heavy atom. The van der Waals surface area contributed by atoms with Gasteiger partial charge < -0.3 is 15.5 Å². The molecular weight excluding hydrogens is 533 g/mol. The van der Waals surface area contributed by atoms with E-state index in [9.17, 15) is 4.79 Å². The van der Waals surface area contributed by atoms with Crippen molar-refractivity contribution in [2.75, 3.05) is 36.0 Å². The van der Waals surface area contributed by atoms with E-state index >= 15 is 0 Å². The summed E-state index contributed by atoms with van der Waals surface area (Å²) in [5, 5.41) is 1.26. The lowest BCUT2D eigenvalue weighted by molar-refractivity contribution is -0.127. The highest BCUT2D eigenvalue weighted by Crippen LogP contribution is 2.46. The molecule has 8 nitrogen and oxygen atoms in total. The molecule has 2 N–H and O–H groups in total. The van der Waals surface area contributed by atoms with Crippen LogP contribution in [0.25, 0.3) is 28.2 Å². The van der Waals surface area contributed by atoms with Crippen molar-refractivity contribution in [1.82, 2.24) is 19.5 Å². The van der Waals surface area contributed by atoms with Crippen LogP contribution < -0.4 is 15.5 Å². The van der Waals surface area contributed by atoms with Crippen molar-refractivity contribution in [3.05, 3.63) is 58.6 Å². The molecule has 39 heavy (non-hydrogen) atoms. The number of benzene rings is 2. The van der Waals surface area contributed by atoms with Gasteiger partial charge in [0.1, 0.15) is 5.82 Å². The van der Waals surface area contributed by atoms with E-state index in [0.29, 0.717) is 53.3 Å². The van der Waals surface area contributed by atoms with Gasteiger partial charge in [0.05, 0.1) is 5.02 Å². The van der Waals surface area contributed by atoms with E-state index in [-0.39, 0.29) is 5.91 Å². The van der Waals surface area contributed by atoms with E-state index in [4.69, 9.17) is 43.9 Å². The maximum Gasteiger partial charge on any atom is 0.229 e. The third-order valence-electron chi connectivity index (χ3n) is 8.70. The number of piperidine rings is 2. The number of hydrogen-bond donors (Lipinski definition) is 1. The van der Waals surface area contributed by atoms with Crippen LogP contribution in [0.3, 0.4) is 0 Å². The fraction of sp³-hybridized carbons (Fsp3) is 0.379. The number of nitrogens with zero attached hydrogens (tertiary/aromatic N) is 6. The highest BCUT2D eigenvalue weighted by atomic mass is 35.5. The maximum atomic E-state index is 12.1. The Labute approximate surface area is 236 Å². The van der Waals surface area contributed by atoms with E-state index in [1.165, 1.54) is 6.42 Å². The molecule has 0 spiro atoms. The number of halogens is 2. The van der Waals surface area contributed by atoms with Crippen molar-refractivity contribution in [3.63, 3.8) is 0 Å². The molecule has 2 aromatic carbocycles. The van der Waals surface area contributed by atoms with Crippen LogP contribution >= 0.6 is 23.2 Å². The maximum absolute atomic E-state index is 12.1. The molecule has 3 fully saturated rings. The van der Waals surface area contributed by atoms with E-state index in [2.05, 4.69) is 14.4 Å². The third kappa shape index (κ3) is 4.21. The fourth-order valence-electron chi connectivity index (χ4n) is 5.97. The summed E-state index contributed by atoms with van der Waals surface area (Å²) in [7, 11) is 0. The van der Waals surface area contributed by atoms with Crippen LogP contribution in [0.5, 0.6) is 0 Å². The van der Waals surface area contributed by atoms with Gasteiger partial charge in [-0.15, -0.1) is 0 Å². The van der Waals surface area contributed by atoms with E-state index in [1.807, 2.05) is 55.5 Å². The number of primary amides is 1. The van der Waals surface area contributed by atoms with Gasteiger partial charge in [-0.3, -0.25) is 9.36 Å². The highest BCUT2D eigenvalue weighted by Gasteiger charge is 2.46. The molecule has 2 aliphatic heterocycles. The molecule has 10 heteroatoms. The van der Waals surface area contributed by atoms with Gasteiger partial charge in [-0.2, -0.15) is 9.97 Å². The van der Waals surface area contributed by atoms with Gasteiger partial charge in [0, 0.05) is 47.9 Å². The molecule has 200 valence electrons. The molecule has 0 bridgehead atoms. The number of amides is 1. The first-order valence-electron chi connectivity index (χ1n) is 13.4. The lowest BCUT2D eigenvalue weighted by Gasteiger charge is -2.38. The van der Waals surface area contributed by atoms with Crippen molar-refractivity contribution >= 4 is 52.0 Å². The number of carbonyl (C=O) groups excluding carboxylic acids is 1. The van der Waals surface area contributed by atoms with Gasteiger partial charge in [0.15, 0.2) is 17.0 Å². The fourth-order valence-corrected chi connectivity index (χ4v) is 6.32. The number of carbonyl (C=O) groups is 1. The number of fused-ring (bicyclic) bond motifs is 2. The molecule has 1 saturated carbocycles. The third-order valence-corrected chi connectivity index (χ3v) is 9.28. The summed E-state index contributed by atoms with van der Waals surface area (Å²) >= 11 is 13.0. The number of aromatic nitrogens is 4. The van der Waals surface area contributed by atoms with Crippen molar-refractivity contribution < 1.29 is 4.79 Å². The van der Waals surface area contributed by atoms with Gasteiger partial charge in [-0.1, -0.05) is 42.3 Å². The zero-order valence-electron chi connectivity index (χ0n) is 21.6. The lowest BCUT2D eigenvalue weighted by atomic mass is 9.80. The monoisotopic (exact) mass is 561 g/mol. The summed E-state index contributed by atoms with van der Waals surface area (Å²) in [4.78, 5) is 32.1. The SMILES string of the molecule is CC1(C(N)=O)CCN(c2nc(N3C[C@H]4C[C@H]4C3)nc3c2nc(-c2ccccc2Cl)n3-c2ccc(Cl)cc2)CC1. The average molecular weight is 563 g/mol. The van der Waals surface area contributed by atoms with Gasteiger partial charge >= 0.3 is 0 Å². The zero-order chi connectivity index (χ0) is 26.9. The smallest absolute Gasteiger partial charge is 0.229 e. The van der Waals surface area contributed by atoms with Crippen LogP contribution in [0.2, 0.25) is 10.0 Å². The topological polar surface area (TPSA) is 93.2 Å². The summed E-state index contributed by atoms with van der Waals surface area (Å²) in [6.07, 6.45) is 2.61. The molecule has 0 radical (unpaired) electrons. The Hall–Kier alpha value is -3.36. The van der Waals surface area contributed by atoms with Crippen LogP contribution in [0.4, 0.5) is 11.8 Å². The summed E-state index contributed by atoms with van der Waals surface area (Å²) in [6.45, 7) is 5.22. The van der Waals surface area contributed by atoms with Gasteiger partial charge in [0.2, 0.25) is 11.9 Å². The number of rotatable bonds is 5. The number of nitrogens with two attached hydrogens (primary N) is 1. The molecule has 0 unspecified atom stereocenters. The Morgan fingerprint density at radius 2 is 1.64 bits per heavy atom. The molecule has 1 amide bonds. The van der Waals surface area contributed by atoms with Crippen molar-refractivity contribution in [2.45, 2.75) is 26.2 Å². The van der Waals surface area contributed by atoms with E-state index in [0.717, 1.165) is 47.6 Å². The molecule has 3 aliphatic rings. The summed E-state index contributed by atoms with van der Waals surface area (Å²) in [6, 6.07) is 15.4. The minimum Gasteiger partial charge on any atom is -0.369 e. The Balaban J connectivity index is 1.44. The van der Waals surface area contributed by atoms with Crippen LogP contribution in [0.1, 0.15) is 26.2 Å².